The minimum Gasteiger partial charge on any atom is -0.455 e. The third-order valence-electron chi connectivity index (χ3n) is 4.86. The van der Waals surface area contributed by atoms with E-state index < -0.39 is 29.1 Å². The highest BCUT2D eigenvalue weighted by molar-refractivity contribution is 5.92. The summed E-state index contributed by atoms with van der Waals surface area (Å²) in [5.41, 5.74) is -1.09. The van der Waals surface area contributed by atoms with E-state index in [2.05, 4.69) is 20.4 Å². The highest BCUT2D eigenvalue weighted by Crippen LogP contribution is 2.36. The molecule has 4 rings (SSSR count). The number of pyridine rings is 2. The van der Waals surface area contributed by atoms with Gasteiger partial charge < -0.3 is 10.1 Å². The molecule has 13 heteroatoms. The summed E-state index contributed by atoms with van der Waals surface area (Å²) in [6, 6.07) is 7.82. The van der Waals surface area contributed by atoms with Crippen LogP contribution in [-0.4, -0.2) is 30.6 Å². The Morgan fingerprint density at radius 1 is 1.20 bits per heavy atom. The lowest BCUT2D eigenvalue weighted by atomic mass is 10.1. The molecule has 1 N–H and O–H groups in total. The molecule has 0 aliphatic rings. The zero-order valence-electron chi connectivity index (χ0n) is 18.3. The van der Waals surface area contributed by atoms with Gasteiger partial charge in [-0.1, -0.05) is 0 Å². The molecular weight excluding hydrogens is 469 g/mol. The SMILES string of the molecule is Cc1cc(C(F)(F)F)c2c(C)nn(CC(=O)Nc3cc(Oc4cccnc4)cc([N+](=O)[O-])c3)c2n1. The number of halogens is 3. The maximum absolute atomic E-state index is 13.5. The number of hydrogen-bond donors (Lipinski definition) is 1. The molecule has 0 fully saturated rings. The summed E-state index contributed by atoms with van der Waals surface area (Å²) in [6.45, 7) is 2.33. The van der Waals surface area contributed by atoms with Crippen LogP contribution in [0.3, 0.4) is 0 Å². The first-order valence-electron chi connectivity index (χ1n) is 10.1. The number of fused-ring (bicyclic) bond motifs is 1. The second-order valence-corrected chi connectivity index (χ2v) is 7.56. The van der Waals surface area contributed by atoms with Crippen LogP contribution in [-0.2, 0) is 17.5 Å². The lowest BCUT2D eigenvalue weighted by Gasteiger charge is -2.11. The molecule has 0 spiro atoms. The molecule has 35 heavy (non-hydrogen) atoms. The zero-order chi connectivity index (χ0) is 25.3. The Labute approximate surface area is 195 Å². The number of nitrogens with zero attached hydrogens (tertiary/aromatic N) is 5. The summed E-state index contributed by atoms with van der Waals surface area (Å²) in [5, 5.41) is 17.7. The molecule has 0 bridgehead atoms. The van der Waals surface area contributed by atoms with Crippen LogP contribution in [0.2, 0.25) is 0 Å². The molecule has 0 aliphatic heterocycles. The van der Waals surface area contributed by atoms with E-state index in [1.807, 2.05) is 0 Å². The lowest BCUT2D eigenvalue weighted by Crippen LogP contribution is -2.20. The number of non-ortho nitro benzene ring substituents is 1. The summed E-state index contributed by atoms with van der Waals surface area (Å²) >= 11 is 0. The van der Waals surface area contributed by atoms with Gasteiger partial charge in [0.15, 0.2) is 5.65 Å². The first kappa shape index (κ1) is 23.6. The summed E-state index contributed by atoms with van der Waals surface area (Å²) in [6.07, 6.45) is -1.69. The number of ether oxygens (including phenoxy) is 1. The van der Waals surface area contributed by atoms with E-state index >= 15 is 0 Å². The van der Waals surface area contributed by atoms with Crippen molar-refractivity contribution in [3.05, 3.63) is 75.9 Å². The van der Waals surface area contributed by atoms with Crippen LogP contribution in [0, 0.1) is 24.0 Å². The summed E-state index contributed by atoms with van der Waals surface area (Å²) < 4.78 is 47.2. The van der Waals surface area contributed by atoms with Gasteiger partial charge in [-0.2, -0.15) is 18.3 Å². The third-order valence-corrected chi connectivity index (χ3v) is 4.86. The fourth-order valence-electron chi connectivity index (χ4n) is 3.51. The third kappa shape index (κ3) is 5.18. The maximum atomic E-state index is 13.5. The van der Waals surface area contributed by atoms with E-state index in [1.54, 1.807) is 12.1 Å². The Kier molecular flexibility index (Phi) is 6.07. The van der Waals surface area contributed by atoms with E-state index in [1.165, 1.54) is 38.4 Å². The topological polar surface area (TPSA) is 125 Å². The van der Waals surface area contributed by atoms with Gasteiger partial charge in [0.05, 0.1) is 39.5 Å². The number of nitro benzene ring substituents is 1. The van der Waals surface area contributed by atoms with Crippen LogP contribution in [0.15, 0.2) is 48.8 Å². The van der Waals surface area contributed by atoms with Crippen LogP contribution in [0.5, 0.6) is 11.5 Å². The molecule has 0 atom stereocenters. The largest absolute Gasteiger partial charge is 0.455 e. The molecule has 10 nitrogen and oxygen atoms in total. The highest BCUT2D eigenvalue weighted by Gasteiger charge is 2.35. The molecule has 0 aliphatic carbocycles. The summed E-state index contributed by atoms with van der Waals surface area (Å²) in [7, 11) is 0. The number of hydrogen-bond acceptors (Lipinski definition) is 7. The Balaban J connectivity index is 1.62. The van der Waals surface area contributed by atoms with Gasteiger partial charge in [-0.15, -0.1) is 0 Å². The Morgan fingerprint density at radius 3 is 2.63 bits per heavy atom. The van der Waals surface area contributed by atoms with Gasteiger partial charge in [0.25, 0.3) is 5.69 Å². The summed E-state index contributed by atoms with van der Waals surface area (Å²) in [4.78, 5) is 31.4. The zero-order valence-corrected chi connectivity index (χ0v) is 18.3. The van der Waals surface area contributed by atoms with Crippen LogP contribution in [0.4, 0.5) is 24.5 Å². The number of carbonyl (C=O) groups excluding carboxylic acids is 1. The van der Waals surface area contributed by atoms with Gasteiger partial charge in [0.2, 0.25) is 5.91 Å². The fourth-order valence-corrected chi connectivity index (χ4v) is 3.51. The minimum atomic E-state index is -4.62. The van der Waals surface area contributed by atoms with Gasteiger partial charge in [-0.05, 0) is 32.0 Å². The van der Waals surface area contributed by atoms with Crippen molar-refractivity contribution in [2.45, 2.75) is 26.6 Å². The van der Waals surface area contributed by atoms with E-state index in [4.69, 9.17) is 4.74 Å². The van der Waals surface area contributed by atoms with Crippen LogP contribution < -0.4 is 10.1 Å². The first-order valence-corrected chi connectivity index (χ1v) is 10.1. The molecular formula is C22H17F3N6O4. The number of nitrogens with one attached hydrogen (secondary N) is 1. The van der Waals surface area contributed by atoms with E-state index in [0.717, 1.165) is 16.8 Å². The first-order chi connectivity index (χ1) is 16.5. The fraction of sp³-hybridized carbons (Fsp3) is 0.182. The second kappa shape index (κ2) is 9.00. The molecule has 4 aromatic rings. The van der Waals surface area contributed by atoms with E-state index in [9.17, 15) is 28.1 Å². The maximum Gasteiger partial charge on any atom is 0.417 e. The van der Waals surface area contributed by atoms with E-state index in [0.29, 0.717) is 5.75 Å². The van der Waals surface area contributed by atoms with Crippen molar-refractivity contribution in [2.24, 2.45) is 0 Å². The molecule has 0 saturated heterocycles. The number of carbonyl (C=O) groups is 1. The van der Waals surface area contributed by atoms with Crippen molar-refractivity contribution in [1.82, 2.24) is 19.7 Å². The van der Waals surface area contributed by atoms with Crippen LogP contribution >= 0.6 is 0 Å². The predicted molar refractivity (Wildman–Crippen MR) is 118 cm³/mol. The van der Waals surface area contributed by atoms with Gasteiger partial charge in [-0.25, -0.2) is 9.67 Å². The molecule has 3 heterocycles. The predicted octanol–water partition coefficient (Wildman–Crippen LogP) is 4.80. The Hall–Kier alpha value is -4.55. The Bertz CT molecular complexity index is 1440. The molecule has 180 valence electrons. The van der Waals surface area contributed by atoms with Crippen molar-refractivity contribution >= 4 is 28.3 Å². The standard InChI is InChI=1S/C22H17F3N6O4/c1-12-6-18(22(23,24)25)20-13(2)29-30(21(20)27-12)11-19(32)28-14-7-15(31(33)34)9-17(8-14)35-16-4-3-5-26-10-16/h3-10H,11H2,1-2H3,(H,28,32). The van der Waals surface area contributed by atoms with Gasteiger partial charge in [0, 0.05) is 24.0 Å². The number of anilines is 1. The molecule has 0 radical (unpaired) electrons. The van der Waals surface area contributed by atoms with Crippen LogP contribution in [0.25, 0.3) is 11.0 Å². The molecule has 3 aromatic heterocycles. The van der Waals surface area contributed by atoms with Gasteiger partial charge in [0.1, 0.15) is 18.0 Å². The normalized spacial score (nSPS) is 11.5. The molecule has 1 aromatic carbocycles. The minimum absolute atomic E-state index is 0.0522. The van der Waals surface area contributed by atoms with Crippen molar-refractivity contribution in [2.75, 3.05) is 5.32 Å². The number of rotatable bonds is 6. The quantitative estimate of drug-likeness (QED) is 0.306. The number of aryl methyl sites for hydroxylation is 2. The smallest absolute Gasteiger partial charge is 0.417 e. The van der Waals surface area contributed by atoms with E-state index in [-0.39, 0.29) is 39.5 Å². The van der Waals surface area contributed by atoms with Crippen molar-refractivity contribution in [3.8, 4) is 11.5 Å². The van der Waals surface area contributed by atoms with Crippen molar-refractivity contribution < 1.29 is 27.6 Å². The molecule has 0 unspecified atom stereocenters. The Morgan fingerprint density at radius 2 is 1.97 bits per heavy atom. The summed E-state index contributed by atoms with van der Waals surface area (Å²) in [5.74, 6) is -0.278. The number of nitro groups is 1. The number of benzene rings is 1. The lowest BCUT2D eigenvalue weighted by molar-refractivity contribution is -0.384. The monoisotopic (exact) mass is 486 g/mol. The second-order valence-electron chi connectivity index (χ2n) is 7.56. The molecule has 1 amide bonds. The van der Waals surface area contributed by atoms with Crippen molar-refractivity contribution in [3.63, 3.8) is 0 Å². The van der Waals surface area contributed by atoms with Gasteiger partial charge in [-0.3, -0.25) is 19.9 Å². The average Bonchev–Trinajstić information content (AvgIpc) is 3.07. The molecule has 0 saturated carbocycles. The number of aromatic nitrogens is 4. The highest BCUT2D eigenvalue weighted by atomic mass is 19.4. The number of amides is 1. The average molecular weight is 486 g/mol. The van der Waals surface area contributed by atoms with Gasteiger partial charge >= 0.3 is 6.18 Å². The van der Waals surface area contributed by atoms with Crippen molar-refractivity contribution in [1.29, 1.82) is 0 Å². The number of alkyl halides is 3. The van der Waals surface area contributed by atoms with Crippen LogP contribution in [0.1, 0.15) is 17.0 Å².